The Balaban J connectivity index is 0.00000342. The van der Waals surface area contributed by atoms with Crippen LogP contribution >= 0.6 is 0 Å². The molecule has 11 amide bonds. The molecule has 2 aromatic heterocycles. The molecule has 2 fully saturated rings. The number of phenols is 1. The van der Waals surface area contributed by atoms with Gasteiger partial charge in [-0.3, -0.25) is 62.5 Å². The lowest BCUT2D eigenvalue weighted by Crippen LogP contribution is -2.61. The Hall–Kier alpha value is -11.4. The Kier molecular flexibility index (Phi) is 27.9. The van der Waals surface area contributed by atoms with E-state index in [4.69, 9.17) is 27.1 Å². The number of benzene rings is 4. The third kappa shape index (κ3) is 22.8. The highest BCUT2D eigenvalue weighted by Crippen LogP contribution is 2.23. The van der Waals surface area contributed by atoms with Crippen LogP contribution in [-0.4, -0.2) is 193 Å². The minimum Gasteiger partial charge on any atom is -0.508 e. The second-order valence-electron chi connectivity index (χ2n) is 24.8. The highest BCUT2D eigenvalue weighted by Gasteiger charge is 2.40. The smallest absolute Gasteiger partial charge is 0.300 e. The number of aromatic amines is 2. The molecule has 6 aromatic rings. The predicted octanol–water partition coefficient (Wildman–Crippen LogP) is -1.53. The van der Waals surface area contributed by atoms with Gasteiger partial charge in [0, 0.05) is 81.1 Å². The van der Waals surface area contributed by atoms with Crippen molar-refractivity contribution in [2.24, 2.45) is 28.1 Å². The number of hydrogen-bond donors (Lipinski definition) is 17. The van der Waals surface area contributed by atoms with Gasteiger partial charge in [-0.05, 0) is 90.1 Å². The number of nitrogens with one attached hydrogen (secondary N) is 11. The van der Waals surface area contributed by atoms with E-state index < -0.39 is 133 Å². The number of aliphatic imine (C=N–C) groups is 1. The van der Waals surface area contributed by atoms with E-state index in [1.54, 1.807) is 50.4 Å². The number of aliphatic hydroxyl groups is 1. The highest BCUT2D eigenvalue weighted by molar-refractivity contribution is 6.00. The molecule has 0 spiro atoms. The van der Waals surface area contributed by atoms with Crippen molar-refractivity contribution < 1.29 is 72.9 Å². The van der Waals surface area contributed by atoms with Gasteiger partial charge in [0.1, 0.15) is 60.1 Å². The molecule has 8 rings (SSSR count). The quantitative estimate of drug-likeness (QED) is 0.0126. The summed E-state index contributed by atoms with van der Waals surface area (Å²) in [5.41, 5.74) is 19.1. The number of carboxylic acid groups (broad SMARTS) is 1. The molecule has 4 aromatic carbocycles. The van der Waals surface area contributed by atoms with Gasteiger partial charge in [0.05, 0.1) is 19.5 Å². The lowest BCUT2D eigenvalue weighted by Gasteiger charge is -2.30. The molecule has 2 aliphatic heterocycles. The van der Waals surface area contributed by atoms with Crippen molar-refractivity contribution in [1.82, 2.24) is 67.7 Å². The van der Waals surface area contributed by atoms with Crippen LogP contribution in [0.5, 0.6) is 5.75 Å². The first kappa shape index (κ1) is 75.9. The molecular formula is C68H87N17O15. The number of carboxylic acids is 1. The lowest BCUT2D eigenvalue weighted by molar-refractivity contribution is -0.142. The molecule has 32 heteroatoms. The van der Waals surface area contributed by atoms with Gasteiger partial charge in [-0.2, -0.15) is 0 Å². The van der Waals surface area contributed by atoms with Crippen LogP contribution in [-0.2, 0) is 83.2 Å². The molecule has 100 heavy (non-hydrogen) atoms. The highest BCUT2D eigenvalue weighted by atomic mass is 16.4. The van der Waals surface area contributed by atoms with Crippen molar-refractivity contribution in [3.05, 3.63) is 132 Å². The zero-order valence-electron chi connectivity index (χ0n) is 55.6. The van der Waals surface area contributed by atoms with Crippen LogP contribution in [0.3, 0.4) is 0 Å². The Morgan fingerprint density at radius 2 is 1.23 bits per heavy atom. The van der Waals surface area contributed by atoms with Crippen LogP contribution in [0.15, 0.2) is 115 Å². The second-order valence-corrected chi connectivity index (χ2v) is 24.8. The Bertz CT molecular complexity index is 3910. The monoisotopic (exact) mass is 1380 g/mol. The number of guanidine groups is 1. The normalized spacial score (nSPS) is 16.1. The van der Waals surface area contributed by atoms with Crippen LogP contribution in [0, 0.1) is 5.92 Å². The van der Waals surface area contributed by atoms with E-state index >= 15 is 9.59 Å². The van der Waals surface area contributed by atoms with Gasteiger partial charge in [-0.25, -0.2) is 4.98 Å². The third-order valence-corrected chi connectivity index (χ3v) is 16.5. The maximum absolute atomic E-state index is 15.1. The molecule has 0 unspecified atom stereocenters. The summed E-state index contributed by atoms with van der Waals surface area (Å²) < 4.78 is 0. The fourth-order valence-corrected chi connectivity index (χ4v) is 11.6. The van der Waals surface area contributed by atoms with E-state index in [1.165, 1.54) is 41.7 Å². The largest absolute Gasteiger partial charge is 0.508 e. The fourth-order valence-electron chi connectivity index (χ4n) is 11.6. The number of phenolic OH excluding ortho intramolecular Hbond substituents is 1. The first-order valence-corrected chi connectivity index (χ1v) is 32.7. The number of aromatic nitrogens is 3. The summed E-state index contributed by atoms with van der Waals surface area (Å²) >= 11 is 0. The summed E-state index contributed by atoms with van der Waals surface area (Å²) in [4.78, 5) is 178. The van der Waals surface area contributed by atoms with Gasteiger partial charge in [0.2, 0.25) is 65.0 Å². The zero-order chi connectivity index (χ0) is 72.6. The van der Waals surface area contributed by atoms with E-state index in [9.17, 15) is 53.4 Å². The van der Waals surface area contributed by atoms with Crippen molar-refractivity contribution in [2.45, 2.75) is 146 Å². The maximum atomic E-state index is 15.1. The number of H-pyrrole nitrogens is 2. The minimum atomic E-state index is -1.80. The van der Waals surface area contributed by atoms with Crippen molar-refractivity contribution in [3.8, 4) is 5.75 Å². The molecule has 2 saturated heterocycles. The van der Waals surface area contributed by atoms with Gasteiger partial charge in [-0.1, -0.05) is 86.6 Å². The van der Waals surface area contributed by atoms with Crippen LogP contribution in [0.2, 0.25) is 0 Å². The molecule has 534 valence electrons. The number of rotatable bonds is 33. The zero-order valence-corrected chi connectivity index (χ0v) is 55.6. The standard InChI is InChI=1S/C66H83N17O13.C2H4O2/c1-36(2)25-48(58(89)76-47(13-7-23-71-66(68)69)65(96)83-24-8-14-54(83)64(95)73-33-55(67)86)77-60(91)50(28-38-15-18-39-9-3-4-10-40(39)26-38)78-59(90)49(27-37-16-19-43(85)20-17-37)79-63(94)53(34-84)82-61(92)51(29-41-31-72-45-12-6-5-11-44(41)45)80-62(93)52(30-42-32-70-35-74-42)81-57(88)46-21-22-56(87)75-46;1-2(3)4/h3-6,9-12,15-20,26,31-32,35-36,46-54,72,84-85H,7-8,13-14,21-25,27-30,33-34H2,1-2H3,(H2,67,86)(H,70,74)(H,73,95)(H,75,87)(H,76,89)(H,77,91)(H,78,90)(H,79,94)(H,80,93)(H,81,88)(H,82,92)(H4,68,69,71);1H3,(H,3,4)/t46-,47-,48-,49-,50+,51-,52-,53-,54+;/m0./s1. The minimum absolute atomic E-state index is 0.00766. The molecule has 9 atom stereocenters. The molecule has 0 aliphatic carbocycles. The first-order valence-electron chi connectivity index (χ1n) is 32.7. The van der Waals surface area contributed by atoms with Crippen molar-refractivity contribution >= 4 is 98.6 Å². The fraction of sp³-hybridized carbons (Fsp3) is 0.412. The number of aliphatic carboxylic acids is 1. The van der Waals surface area contributed by atoms with Crippen molar-refractivity contribution in [1.29, 1.82) is 0 Å². The molecule has 0 saturated carbocycles. The molecule has 4 heterocycles. The lowest BCUT2D eigenvalue weighted by atomic mass is 9.98. The summed E-state index contributed by atoms with van der Waals surface area (Å²) in [6, 6.07) is 13.5. The number of nitrogens with two attached hydrogens (primary N) is 3. The van der Waals surface area contributed by atoms with Crippen molar-refractivity contribution in [2.75, 3.05) is 26.2 Å². The van der Waals surface area contributed by atoms with E-state index in [0.717, 1.165) is 17.7 Å². The van der Waals surface area contributed by atoms with E-state index in [-0.39, 0.29) is 101 Å². The Morgan fingerprint density at radius 3 is 1.84 bits per heavy atom. The van der Waals surface area contributed by atoms with E-state index in [2.05, 4.69) is 67.8 Å². The number of primary amides is 1. The molecule has 2 aliphatic rings. The number of fused-ring (bicyclic) bond motifs is 2. The number of imidazole rings is 1. The maximum Gasteiger partial charge on any atom is 0.300 e. The van der Waals surface area contributed by atoms with Gasteiger partial charge in [0.15, 0.2) is 5.96 Å². The van der Waals surface area contributed by atoms with Crippen LogP contribution in [0.25, 0.3) is 21.7 Å². The Labute approximate surface area is 575 Å². The predicted molar refractivity (Wildman–Crippen MR) is 365 cm³/mol. The summed E-state index contributed by atoms with van der Waals surface area (Å²) in [7, 11) is 0. The molecular weight excluding hydrogens is 1290 g/mol. The van der Waals surface area contributed by atoms with Crippen LogP contribution < -0.4 is 65.1 Å². The van der Waals surface area contributed by atoms with Crippen molar-refractivity contribution in [3.63, 3.8) is 0 Å². The number of aliphatic hydroxyl groups excluding tert-OH is 1. The summed E-state index contributed by atoms with van der Waals surface area (Å²) in [5.74, 6) is -9.85. The summed E-state index contributed by atoms with van der Waals surface area (Å²) in [6.07, 6.45) is 4.89. The summed E-state index contributed by atoms with van der Waals surface area (Å²) in [5, 5.41) is 55.0. The second kappa shape index (κ2) is 36.8. The number of carbonyl (C=O) groups excluding carboxylic acids is 11. The SMILES string of the molecule is CC(=O)O.CC(C)C[C@H](NC(=O)[C@@H](Cc1ccc2ccccc2c1)NC(=O)[C@H](Cc1ccc(O)cc1)NC(=O)[C@H](CO)NC(=O)[C@H](Cc1c[nH]c2ccccc12)NC(=O)[C@H](Cc1cnc[nH]1)NC(=O)[C@@H]1CCC(=O)N1)C(=O)N[C@@H](CCCN=C(N)N)C(=O)N1CCC[C@@H]1C(=O)NCC(N)=O. The molecule has 20 N–H and O–H groups in total. The summed E-state index contributed by atoms with van der Waals surface area (Å²) in [6.45, 7) is 3.42. The van der Waals surface area contributed by atoms with E-state index in [1.807, 2.05) is 36.4 Å². The molecule has 0 radical (unpaired) electrons. The van der Waals surface area contributed by atoms with E-state index in [0.29, 0.717) is 39.7 Å². The van der Waals surface area contributed by atoms with Gasteiger partial charge < -0.3 is 95.2 Å². The first-order chi connectivity index (χ1) is 47.7. The topological polar surface area (TPSA) is 512 Å². The van der Waals surface area contributed by atoms with Gasteiger partial charge in [0.25, 0.3) is 5.97 Å². The average molecular weight is 1380 g/mol. The van der Waals surface area contributed by atoms with Crippen LogP contribution in [0.1, 0.15) is 88.1 Å². The Morgan fingerprint density at radius 1 is 0.660 bits per heavy atom. The third-order valence-electron chi connectivity index (χ3n) is 16.5. The van der Waals surface area contributed by atoms with Gasteiger partial charge in [-0.15, -0.1) is 0 Å². The van der Waals surface area contributed by atoms with Gasteiger partial charge >= 0.3 is 0 Å². The van der Waals surface area contributed by atoms with Crippen LogP contribution in [0.4, 0.5) is 0 Å². The number of carbonyl (C=O) groups is 12. The number of aromatic hydroxyl groups is 1. The molecule has 0 bridgehead atoms. The number of nitrogens with zero attached hydrogens (tertiary/aromatic N) is 3. The molecule has 32 nitrogen and oxygen atoms in total. The number of para-hydroxylation sites is 1. The number of likely N-dealkylation sites (tertiary alicyclic amines) is 1. The number of amides is 11. The number of hydrogen-bond acceptors (Lipinski definition) is 16. The average Bonchev–Trinajstić information content (AvgIpc) is 1.53.